The first kappa shape index (κ1) is 15.9. The Morgan fingerprint density at radius 2 is 2.00 bits per heavy atom. The van der Waals surface area contributed by atoms with Gasteiger partial charge in [0.1, 0.15) is 0 Å². The van der Waals surface area contributed by atoms with E-state index in [1.165, 1.54) is 0 Å². The van der Waals surface area contributed by atoms with E-state index in [2.05, 4.69) is 39.8 Å². The van der Waals surface area contributed by atoms with Crippen molar-refractivity contribution in [1.29, 1.82) is 0 Å². The maximum absolute atomic E-state index is 12.5. The molecule has 2 rings (SSSR count). The number of halogens is 1. The molecule has 1 aromatic carbocycles. The van der Waals surface area contributed by atoms with Crippen LogP contribution in [0, 0.1) is 12.3 Å². The number of hydrogen-bond donors (Lipinski definition) is 2. The molecule has 1 aromatic rings. The zero-order valence-corrected chi connectivity index (χ0v) is 14.7. The van der Waals surface area contributed by atoms with E-state index in [4.69, 9.17) is 0 Å². The van der Waals surface area contributed by atoms with E-state index in [1.807, 2.05) is 20.0 Å². The van der Waals surface area contributed by atoms with Crippen LogP contribution in [-0.2, 0) is 16.6 Å². The highest BCUT2D eigenvalue weighted by Gasteiger charge is 2.48. The first-order valence-corrected chi connectivity index (χ1v) is 8.91. The van der Waals surface area contributed by atoms with E-state index in [1.54, 1.807) is 6.07 Å². The Hall–Kier alpha value is -0.430. The monoisotopic (exact) mass is 360 g/mol. The van der Waals surface area contributed by atoms with E-state index < -0.39 is 10.0 Å². The SMILES string of the molecule is CNCc1cc(Br)c(C)c(S(=O)(=O)NC2CC2(C)C)c1. The van der Waals surface area contributed by atoms with Gasteiger partial charge in [-0.25, -0.2) is 13.1 Å². The summed E-state index contributed by atoms with van der Waals surface area (Å²) in [6.07, 6.45) is 0.892. The summed E-state index contributed by atoms with van der Waals surface area (Å²) in [7, 11) is -1.63. The molecular weight excluding hydrogens is 340 g/mol. The van der Waals surface area contributed by atoms with Crippen molar-refractivity contribution >= 4 is 26.0 Å². The van der Waals surface area contributed by atoms with Gasteiger partial charge in [-0.3, -0.25) is 0 Å². The molecule has 0 saturated heterocycles. The normalized spacial score (nSPS) is 20.9. The van der Waals surface area contributed by atoms with Crippen LogP contribution in [-0.4, -0.2) is 21.5 Å². The van der Waals surface area contributed by atoms with E-state index in [0.717, 1.165) is 22.0 Å². The van der Waals surface area contributed by atoms with Gasteiger partial charge >= 0.3 is 0 Å². The van der Waals surface area contributed by atoms with Crippen LogP contribution in [0.1, 0.15) is 31.4 Å². The summed E-state index contributed by atoms with van der Waals surface area (Å²) in [5.41, 5.74) is 1.76. The first-order valence-electron chi connectivity index (χ1n) is 6.63. The van der Waals surface area contributed by atoms with Crippen LogP contribution >= 0.6 is 15.9 Å². The van der Waals surface area contributed by atoms with Crippen LogP contribution in [0.5, 0.6) is 0 Å². The fraction of sp³-hybridized carbons (Fsp3) is 0.571. The summed E-state index contributed by atoms with van der Waals surface area (Å²) in [5, 5.41) is 3.04. The lowest BCUT2D eigenvalue weighted by Crippen LogP contribution is -2.29. The van der Waals surface area contributed by atoms with Gasteiger partial charge in [0.15, 0.2) is 0 Å². The average Bonchev–Trinajstić information content (AvgIpc) is 2.89. The second-order valence-corrected chi connectivity index (χ2v) is 8.63. The lowest BCUT2D eigenvalue weighted by atomic mass is 10.1. The van der Waals surface area contributed by atoms with Crippen LogP contribution in [0.25, 0.3) is 0 Å². The number of hydrogen-bond acceptors (Lipinski definition) is 3. The summed E-state index contributed by atoms with van der Waals surface area (Å²) >= 11 is 3.44. The summed E-state index contributed by atoms with van der Waals surface area (Å²) in [6, 6.07) is 3.74. The zero-order chi connectivity index (χ0) is 15.1. The summed E-state index contributed by atoms with van der Waals surface area (Å²) in [4.78, 5) is 0.361. The van der Waals surface area contributed by atoms with Crippen LogP contribution in [0.3, 0.4) is 0 Å². The molecule has 4 nitrogen and oxygen atoms in total. The molecule has 6 heteroatoms. The highest BCUT2D eigenvalue weighted by molar-refractivity contribution is 9.10. The summed E-state index contributed by atoms with van der Waals surface area (Å²) < 4.78 is 28.7. The fourth-order valence-electron chi connectivity index (χ4n) is 2.21. The van der Waals surface area contributed by atoms with Crippen molar-refractivity contribution in [2.45, 2.75) is 44.7 Å². The highest BCUT2D eigenvalue weighted by atomic mass is 79.9. The number of rotatable bonds is 5. The van der Waals surface area contributed by atoms with Crippen LogP contribution in [0.15, 0.2) is 21.5 Å². The topological polar surface area (TPSA) is 58.2 Å². The van der Waals surface area contributed by atoms with Crippen LogP contribution in [0.2, 0.25) is 0 Å². The Morgan fingerprint density at radius 1 is 1.40 bits per heavy atom. The van der Waals surface area contributed by atoms with Crippen molar-refractivity contribution in [3.05, 3.63) is 27.7 Å². The molecule has 20 heavy (non-hydrogen) atoms. The number of benzene rings is 1. The standard InChI is InChI=1S/C14H21BrN2O2S/c1-9-11(15)5-10(8-16-4)6-12(9)20(18,19)17-13-7-14(13,2)3/h5-6,13,16-17H,7-8H2,1-4H3. The molecule has 1 saturated carbocycles. The first-order chi connectivity index (χ1) is 9.17. The molecule has 1 unspecified atom stereocenters. The van der Waals surface area contributed by atoms with Crippen molar-refractivity contribution in [2.75, 3.05) is 7.05 Å². The van der Waals surface area contributed by atoms with Gasteiger partial charge in [0, 0.05) is 17.1 Å². The van der Waals surface area contributed by atoms with Gasteiger partial charge in [0.25, 0.3) is 0 Å². The Kier molecular flexibility index (Phi) is 4.31. The quantitative estimate of drug-likeness (QED) is 0.848. The molecule has 0 heterocycles. The van der Waals surface area contributed by atoms with Crippen LogP contribution in [0.4, 0.5) is 0 Å². The predicted octanol–water partition coefficient (Wildman–Crippen LogP) is 2.55. The molecule has 0 spiro atoms. The second-order valence-electron chi connectivity index (χ2n) is 6.10. The van der Waals surface area contributed by atoms with E-state index >= 15 is 0 Å². The molecule has 1 aliphatic rings. The molecule has 0 aliphatic heterocycles. The third-order valence-corrected chi connectivity index (χ3v) is 6.26. The molecule has 1 atom stereocenters. The summed E-state index contributed by atoms with van der Waals surface area (Å²) in [5.74, 6) is 0. The maximum atomic E-state index is 12.5. The third kappa shape index (κ3) is 3.24. The molecule has 0 bridgehead atoms. The van der Waals surface area contributed by atoms with Gasteiger partial charge in [-0.05, 0) is 49.1 Å². The molecule has 0 aromatic heterocycles. The second kappa shape index (κ2) is 5.40. The van der Waals surface area contributed by atoms with E-state index in [-0.39, 0.29) is 11.5 Å². The lowest BCUT2D eigenvalue weighted by Gasteiger charge is -2.13. The van der Waals surface area contributed by atoms with Gasteiger partial charge in [0.2, 0.25) is 10.0 Å². The van der Waals surface area contributed by atoms with Gasteiger partial charge in [-0.1, -0.05) is 29.8 Å². The Balaban J connectivity index is 2.35. The van der Waals surface area contributed by atoms with Gasteiger partial charge in [0.05, 0.1) is 4.90 Å². The van der Waals surface area contributed by atoms with Gasteiger partial charge in [-0.2, -0.15) is 0 Å². The molecule has 1 aliphatic carbocycles. The summed E-state index contributed by atoms with van der Waals surface area (Å²) in [6.45, 7) is 6.59. The molecule has 2 N–H and O–H groups in total. The average molecular weight is 361 g/mol. The third-order valence-electron chi connectivity index (χ3n) is 3.84. The highest BCUT2D eigenvalue weighted by Crippen LogP contribution is 2.45. The molecule has 0 amide bonds. The minimum Gasteiger partial charge on any atom is -0.316 e. The predicted molar refractivity (Wildman–Crippen MR) is 84.2 cm³/mol. The molecular formula is C14H21BrN2O2S. The van der Waals surface area contributed by atoms with Crippen molar-refractivity contribution in [3.63, 3.8) is 0 Å². The molecule has 112 valence electrons. The largest absolute Gasteiger partial charge is 0.316 e. The Morgan fingerprint density at radius 3 is 2.50 bits per heavy atom. The Labute approximate surface area is 129 Å². The molecule has 1 fully saturated rings. The van der Waals surface area contributed by atoms with Crippen LogP contribution < -0.4 is 10.0 Å². The van der Waals surface area contributed by atoms with Crippen molar-refractivity contribution in [1.82, 2.24) is 10.0 Å². The fourth-order valence-corrected chi connectivity index (χ4v) is 4.57. The van der Waals surface area contributed by atoms with Crippen molar-refractivity contribution < 1.29 is 8.42 Å². The number of nitrogens with one attached hydrogen (secondary N) is 2. The number of sulfonamides is 1. The Bertz CT molecular complexity index is 626. The zero-order valence-electron chi connectivity index (χ0n) is 12.2. The molecule has 0 radical (unpaired) electrons. The van der Waals surface area contributed by atoms with Gasteiger partial charge < -0.3 is 5.32 Å². The smallest absolute Gasteiger partial charge is 0.241 e. The van der Waals surface area contributed by atoms with E-state index in [0.29, 0.717) is 11.4 Å². The minimum atomic E-state index is -3.47. The lowest BCUT2D eigenvalue weighted by molar-refractivity contribution is 0.554. The van der Waals surface area contributed by atoms with Crippen molar-refractivity contribution in [2.24, 2.45) is 5.41 Å². The maximum Gasteiger partial charge on any atom is 0.241 e. The van der Waals surface area contributed by atoms with Crippen molar-refractivity contribution in [3.8, 4) is 0 Å². The van der Waals surface area contributed by atoms with E-state index in [9.17, 15) is 8.42 Å². The minimum absolute atomic E-state index is 0.0404. The van der Waals surface area contributed by atoms with Gasteiger partial charge in [-0.15, -0.1) is 0 Å².